The number of carbonyl (C=O) groups excluding carboxylic acids is 1. The number of aromatic nitrogens is 1. The molecule has 7 heteroatoms. The highest BCUT2D eigenvalue weighted by molar-refractivity contribution is 7.15. The van der Waals surface area contributed by atoms with Gasteiger partial charge < -0.3 is 9.73 Å². The summed E-state index contributed by atoms with van der Waals surface area (Å²) in [6.45, 7) is 1.71. The van der Waals surface area contributed by atoms with Gasteiger partial charge in [0.25, 0.3) is 5.91 Å². The maximum absolute atomic E-state index is 11.9. The molecule has 0 unspecified atom stereocenters. The molecule has 0 bridgehead atoms. The van der Waals surface area contributed by atoms with Crippen LogP contribution in [0.25, 0.3) is 0 Å². The molecular weight excluding hydrogens is 266 g/mol. The summed E-state index contributed by atoms with van der Waals surface area (Å²) >= 11 is 1.46. The van der Waals surface area contributed by atoms with E-state index in [0.29, 0.717) is 10.7 Å². The fourth-order valence-corrected chi connectivity index (χ4v) is 2.81. The van der Waals surface area contributed by atoms with E-state index in [1.165, 1.54) is 23.5 Å². The van der Waals surface area contributed by atoms with Crippen LogP contribution in [0.2, 0.25) is 0 Å². The first-order chi connectivity index (χ1) is 9.22. The molecular formula is C12H11N3O3S. The Kier molecular flexibility index (Phi) is 3.14. The van der Waals surface area contributed by atoms with Gasteiger partial charge in [-0.25, -0.2) is 9.78 Å². The maximum atomic E-state index is 11.9. The lowest BCUT2D eigenvalue weighted by molar-refractivity contribution is 0.102. The Hall–Kier alpha value is -1.99. The van der Waals surface area contributed by atoms with Crippen LogP contribution in [0.1, 0.15) is 20.9 Å². The Bertz CT molecular complexity index is 633. The van der Waals surface area contributed by atoms with Gasteiger partial charge in [-0.2, -0.15) is 0 Å². The summed E-state index contributed by atoms with van der Waals surface area (Å²) in [7, 11) is 0. The average molecular weight is 277 g/mol. The first kappa shape index (κ1) is 12.1. The topological polar surface area (TPSA) is 84.2 Å². The minimum Gasteiger partial charge on any atom is -0.430 e. The number of hydrogen-bond acceptors (Lipinski definition) is 6. The number of carbonyl (C=O) groups is 1. The van der Waals surface area contributed by atoms with Gasteiger partial charge in [0, 0.05) is 30.5 Å². The van der Waals surface area contributed by atoms with Crippen molar-refractivity contribution in [1.82, 2.24) is 10.3 Å². The van der Waals surface area contributed by atoms with E-state index in [0.717, 1.165) is 36.3 Å². The molecule has 0 fully saturated rings. The molecule has 0 atom stereocenters. The van der Waals surface area contributed by atoms with Crippen molar-refractivity contribution in [2.75, 3.05) is 11.9 Å². The van der Waals surface area contributed by atoms with Crippen LogP contribution in [-0.2, 0) is 13.0 Å². The molecule has 2 N–H and O–H groups in total. The van der Waals surface area contributed by atoms with Gasteiger partial charge in [0.1, 0.15) is 6.26 Å². The van der Waals surface area contributed by atoms with E-state index in [4.69, 9.17) is 0 Å². The highest BCUT2D eigenvalue weighted by Gasteiger charge is 2.16. The van der Waals surface area contributed by atoms with Gasteiger partial charge in [-0.05, 0) is 6.07 Å². The summed E-state index contributed by atoms with van der Waals surface area (Å²) in [5.74, 6) is -0.331. The number of rotatable bonds is 2. The molecule has 2 aromatic rings. The number of fused-ring (bicyclic) bond motifs is 1. The predicted molar refractivity (Wildman–Crippen MR) is 70.5 cm³/mol. The van der Waals surface area contributed by atoms with Gasteiger partial charge in [-0.15, -0.1) is 11.3 Å². The lowest BCUT2D eigenvalue weighted by Gasteiger charge is -2.09. The molecule has 19 heavy (non-hydrogen) atoms. The number of hydrogen-bond donors (Lipinski definition) is 2. The minimum absolute atomic E-state index is 0.297. The van der Waals surface area contributed by atoms with Crippen molar-refractivity contribution in [3.63, 3.8) is 0 Å². The first-order valence-corrected chi connectivity index (χ1v) is 6.63. The smallest absolute Gasteiger partial charge is 0.335 e. The monoisotopic (exact) mass is 277 g/mol. The number of nitrogens with zero attached hydrogens (tertiary/aromatic N) is 1. The predicted octanol–water partition coefficient (Wildman–Crippen LogP) is 0.994. The van der Waals surface area contributed by atoms with Crippen molar-refractivity contribution in [2.45, 2.75) is 13.0 Å². The zero-order valence-electron chi connectivity index (χ0n) is 9.93. The van der Waals surface area contributed by atoms with Crippen molar-refractivity contribution in [1.29, 1.82) is 0 Å². The highest BCUT2D eigenvalue weighted by Crippen LogP contribution is 2.25. The second-order valence-electron chi connectivity index (χ2n) is 4.11. The van der Waals surface area contributed by atoms with E-state index >= 15 is 0 Å². The molecule has 1 aliphatic heterocycles. The zero-order valence-corrected chi connectivity index (χ0v) is 10.8. The second-order valence-corrected chi connectivity index (χ2v) is 5.20. The van der Waals surface area contributed by atoms with Gasteiger partial charge in [-0.3, -0.25) is 10.1 Å². The molecule has 0 spiro atoms. The largest absolute Gasteiger partial charge is 0.430 e. The Balaban J connectivity index is 1.77. The molecule has 3 rings (SSSR count). The molecule has 0 radical (unpaired) electrons. The van der Waals surface area contributed by atoms with Crippen LogP contribution in [0, 0.1) is 0 Å². The van der Waals surface area contributed by atoms with E-state index < -0.39 is 5.63 Å². The number of anilines is 1. The number of thiazole rings is 1. The third kappa shape index (κ3) is 2.56. The van der Waals surface area contributed by atoms with Gasteiger partial charge in [0.2, 0.25) is 0 Å². The van der Waals surface area contributed by atoms with E-state index in [-0.39, 0.29) is 5.91 Å². The van der Waals surface area contributed by atoms with Crippen LogP contribution >= 0.6 is 11.3 Å². The van der Waals surface area contributed by atoms with Gasteiger partial charge in [0.15, 0.2) is 5.13 Å². The van der Waals surface area contributed by atoms with Gasteiger partial charge >= 0.3 is 5.63 Å². The van der Waals surface area contributed by atoms with E-state index in [1.807, 2.05) is 0 Å². The molecule has 6 nitrogen and oxygen atoms in total. The van der Waals surface area contributed by atoms with Crippen LogP contribution < -0.4 is 16.3 Å². The van der Waals surface area contributed by atoms with Crippen LogP contribution in [0.5, 0.6) is 0 Å². The van der Waals surface area contributed by atoms with Crippen molar-refractivity contribution >= 4 is 22.4 Å². The molecule has 3 heterocycles. The summed E-state index contributed by atoms with van der Waals surface area (Å²) in [6.07, 6.45) is 2.02. The van der Waals surface area contributed by atoms with Gasteiger partial charge in [0.05, 0.1) is 11.3 Å². The lowest BCUT2D eigenvalue weighted by atomic mass is 10.2. The molecule has 1 amide bonds. The van der Waals surface area contributed by atoms with Crippen LogP contribution in [-0.4, -0.2) is 17.4 Å². The second kappa shape index (κ2) is 4.94. The van der Waals surface area contributed by atoms with Crippen LogP contribution in [0.15, 0.2) is 27.6 Å². The summed E-state index contributed by atoms with van der Waals surface area (Å²) in [5.41, 5.74) is 0.858. The van der Waals surface area contributed by atoms with E-state index in [1.54, 1.807) is 0 Å². The third-order valence-electron chi connectivity index (χ3n) is 2.79. The molecule has 1 aliphatic rings. The zero-order chi connectivity index (χ0) is 13.2. The van der Waals surface area contributed by atoms with Crippen LogP contribution in [0.4, 0.5) is 5.13 Å². The van der Waals surface area contributed by atoms with Gasteiger partial charge in [-0.1, -0.05) is 0 Å². The molecule has 0 saturated carbocycles. The Morgan fingerprint density at radius 1 is 1.47 bits per heavy atom. The number of nitrogens with one attached hydrogen (secondary N) is 2. The van der Waals surface area contributed by atoms with Crippen molar-refractivity contribution < 1.29 is 9.21 Å². The quantitative estimate of drug-likeness (QED) is 0.855. The molecule has 0 saturated heterocycles. The average Bonchev–Trinajstić information content (AvgIpc) is 2.81. The van der Waals surface area contributed by atoms with Crippen molar-refractivity contribution in [2.24, 2.45) is 0 Å². The van der Waals surface area contributed by atoms with Crippen LogP contribution in [0.3, 0.4) is 0 Å². The molecule has 2 aromatic heterocycles. The normalized spacial score (nSPS) is 13.9. The fraction of sp³-hybridized carbons (Fsp3) is 0.250. The van der Waals surface area contributed by atoms with E-state index in [9.17, 15) is 9.59 Å². The van der Waals surface area contributed by atoms with E-state index in [2.05, 4.69) is 20.0 Å². The summed E-state index contributed by atoms with van der Waals surface area (Å²) < 4.78 is 4.65. The summed E-state index contributed by atoms with van der Waals surface area (Å²) in [6, 6.07) is 2.64. The Morgan fingerprint density at radius 3 is 3.11 bits per heavy atom. The highest BCUT2D eigenvalue weighted by atomic mass is 32.1. The third-order valence-corrected chi connectivity index (χ3v) is 3.80. The maximum Gasteiger partial charge on any atom is 0.335 e. The SMILES string of the molecule is O=C(Nc1nc2c(s1)CNCC2)c1ccc(=O)oc1. The minimum atomic E-state index is -0.479. The standard InChI is InChI=1S/C12H11N3O3S/c16-10-2-1-7(6-18-10)11(17)15-12-14-8-3-4-13-5-9(8)19-12/h1-2,6,13H,3-5H2,(H,14,15,17). The number of amides is 1. The Morgan fingerprint density at radius 2 is 2.37 bits per heavy atom. The molecule has 0 aliphatic carbocycles. The first-order valence-electron chi connectivity index (χ1n) is 5.82. The summed E-state index contributed by atoms with van der Waals surface area (Å²) in [5, 5.41) is 6.54. The summed E-state index contributed by atoms with van der Waals surface area (Å²) in [4.78, 5) is 28.3. The Labute approximate surface area is 112 Å². The van der Waals surface area contributed by atoms with Crippen molar-refractivity contribution in [3.8, 4) is 0 Å². The van der Waals surface area contributed by atoms with Crippen molar-refractivity contribution in [3.05, 3.63) is 45.0 Å². The molecule has 0 aromatic carbocycles. The lowest BCUT2D eigenvalue weighted by Crippen LogP contribution is -2.22. The molecule has 98 valence electrons. The fourth-order valence-electron chi connectivity index (χ4n) is 1.84.